The molecule has 0 aliphatic heterocycles. The SMILES string of the molecule is C[N-]C(=O)Cl.[Rb+]. The molecule has 0 N–H and O–H groups in total. The maximum Gasteiger partial charge on any atom is 1.00 e. The van der Waals surface area contributed by atoms with Crippen LogP contribution in [0.4, 0.5) is 4.79 Å². The van der Waals surface area contributed by atoms with E-state index in [0.717, 1.165) is 0 Å². The van der Waals surface area contributed by atoms with Crippen LogP contribution in [-0.4, -0.2) is 12.4 Å². The summed E-state index contributed by atoms with van der Waals surface area (Å²) in [7, 11) is 1.34. The van der Waals surface area contributed by atoms with Gasteiger partial charge in [-0.25, -0.2) is 0 Å². The molecule has 30 valence electrons. The Morgan fingerprint density at radius 1 is 1.83 bits per heavy atom. The van der Waals surface area contributed by atoms with E-state index in [1.165, 1.54) is 7.05 Å². The van der Waals surface area contributed by atoms with E-state index in [4.69, 9.17) is 0 Å². The minimum absolute atomic E-state index is 0. The second-order valence-electron chi connectivity index (χ2n) is 0.477. The zero-order chi connectivity index (χ0) is 4.28. The van der Waals surface area contributed by atoms with Crippen molar-refractivity contribution in [3.05, 3.63) is 5.32 Å². The van der Waals surface area contributed by atoms with Crippen LogP contribution in [-0.2, 0) is 0 Å². The molecule has 0 aromatic carbocycles. The van der Waals surface area contributed by atoms with Crippen molar-refractivity contribution in [3.63, 3.8) is 0 Å². The summed E-state index contributed by atoms with van der Waals surface area (Å²) in [4.78, 5) is 9.41. The zero-order valence-electron chi connectivity index (χ0n) is 3.73. The van der Waals surface area contributed by atoms with Gasteiger partial charge in [0, 0.05) is 0 Å². The molecule has 6 heavy (non-hydrogen) atoms. The summed E-state index contributed by atoms with van der Waals surface area (Å²) >= 11 is 4.66. The largest absolute Gasteiger partial charge is 1.00 e. The Kier molecular flexibility index (Phi) is 11.5. The Bertz CT molecular complexity index is 48.8. The molecular weight excluding hydrogens is 175 g/mol. The van der Waals surface area contributed by atoms with Gasteiger partial charge in [0.15, 0.2) is 0 Å². The van der Waals surface area contributed by atoms with Gasteiger partial charge in [-0.3, -0.25) is 0 Å². The first kappa shape index (κ1) is 10.5. The van der Waals surface area contributed by atoms with Gasteiger partial charge < -0.3 is 10.1 Å². The third kappa shape index (κ3) is 9.12. The summed E-state index contributed by atoms with van der Waals surface area (Å²) in [6.45, 7) is 0. The minimum Gasteiger partial charge on any atom is -0.642 e. The van der Waals surface area contributed by atoms with E-state index in [0.29, 0.717) is 0 Å². The van der Waals surface area contributed by atoms with Crippen molar-refractivity contribution in [2.75, 3.05) is 7.05 Å². The fourth-order valence-corrected chi connectivity index (χ4v) is 0. The standard InChI is InChI=1S/C2H4ClNO.Rb/c1-4-2(3)5;/h1H3,(H,4,5);/q;+1/p-1. The normalized spacial score (nSPS) is 5.67. The van der Waals surface area contributed by atoms with Gasteiger partial charge in [-0.2, -0.15) is 0 Å². The summed E-state index contributed by atoms with van der Waals surface area (Å²) < 4.78 is 0. The average molecular weight is 178 g/mol. The number of rotatable bonds is 0. The third-order valence-electron chi connectivity index (χ3n) is 0.176. The van der Waals surface area contributed by atoms with E-state index in [9.17, 15) is 4.79 Å². The Labute approximate surface area is 90.4 Å². The van der Waals surface area contributed by atoms with Crippen LogP contribution >= 0.6 is 11.6 Å². The molecule has 0 aromatic rings. The number of hydrogen-bond acceptors (Lipinski definition) is 1. The van der Waals surface area contributed by atoms with Crippen LogP contribution in [0.3, 0.4) is 0 Å². The molecule has 0 fully saturated rings. The quantitative estimate of drug-likeness (QED) is 0.323. The van der Waals surface area contributed by atoms with E-state index < -0.39 is 5.37 Å². The van der Waals surface area contributed by atoms with Crippen molar-refractivity contribution < 1.29 is 63.0 Å². The number of amides is 1. The molecule has 2 nitrogen and oxygen atoms in total. The van der Waals surface area contributed by atoms with E-state index in [2.05, 4.69) is 16.9 Å². The van der Waals surface area contributed by atoms with Crippen LogP contribution in [0.25, 0.3) is 5.32 Å². The molecule has 0 rings (SSSR count). The fourth-order valence-electron chi connectivity index (χ4n) is 0. The van der Waals surface area contributed by atoms with Gasteiger partial charge in [0.05, 0.1) is 0 Å². The van der Waals surface area contributed by atoms with Crippen molar-refractivity contribution in [1.29, 1.82) is 0 Å². The van der Waals surface area contributed by atoms with Gasteiger partial charge >= 0.3 is 58.2 Å². The van der Waals surface area contributed by atoms with Gasteiger partial charge in [0.25, 0.3) is 0 Å². The summed E-state index contributed by atoms with van der Waals surface area (Å²) in [6, 6.07) is 0. The smallest absolute Gasteiger partial charge is 0.642 e. The second kappa shape index (κ2) is 6.57. The Morgan fingerprint density at radius 2 is 2.00 bits per heavy atom. The van der Waals surface area contributed by atoms with Crippen molar-refractivity contribution in [2.45, 2.75) is 0 Å². The Hall–Kier alpha value is 1.57. The molecule has 0 heterocycles. The summed E-state index contributed by atoms with van der Waals surface area (Å²) in [5.74, 6) is 0. The van der Waals surface area contributed by atoms with Gasteiger partial charge in [0.1, 0.15) is 5.37 Å². The summed E-state index contributed by atoms with van der Waals surface area (Å²) in [6.07, 6.45) is 0. The predicted molar refractivity (Wildman–Crippen MR) is 20.5 cm³/mol. The predicted octanol–water partition coefficient (Wildman–Crippen LogP) is -1.65. The van der Waals surface area contributed by atoms with Crippen molar-refractivity contribution >= 4 is 17.0 Å². The number of carbonyl (C=O) groups is 1. The molecule has 0 spiro atoms. The first-order valence-corrected chi connectivity index (χ1v) is 1.44. The first-order chi connectivity index (χ1) is 2.27. The minimum atomic E-state index is -0.648. The summed E-state index contributed by atoms with van der Waals surface area (Å²) in [5.41, 5.74) is 0. The molecule has 4 heteroatoms. The molecule has 0 aliphatic carbocycles. The van der Waals surface area contributed by atoms with Crippen LogP contribution in [0.5, 0.6) is 0 Å². The van der Waals surface area contributed by atoms with Gasteiger partial charge in [0.2, 0.25) is 0 Å². The van der Waals surface area contributed by atoms with E-state index in [1.54, 1.807) is 0 Å². The molecule has 0 radical (unpaired) electrons. The summed E-state index contributed by atoms with van der Waals surface area (Å²) in [5, 5.41) is 2.37. The number of carbonyl (C=O) groups excluding carboxylic acids is 1. The second-order valence-corrected chi connectivity index (χ2v) is 0.800. The van der Waals surface area contributed by atoms with Crippen molar-refractivity contribution in [2.24, 2.45) is 0 Å². The molecule has 0 aromatic heterocycles. The van der Waals surface area contributed by atoms with Crippen LogP contribution in [0.15, 0.2) is 0 Å². The van der Waals surface area contributed by atoms with Crippen molar-refractivity contribution in [1.82, 2.24) is 0 Å². The maximum atomic E-state index is 9.41. The van der Waals surface area contributed by atoms with Crippen LogP contribution in [0.2, 0.25) is 0 Å². The molecule has 0 atom stereocenters. The van der Waals surface area contributed by atoms with E-state index in [-0.39, 0.29) is 58.2 Å². The molecule has 0 aliphatic rings. The molecular formula is C2H3ClNORb. The van der Waals surface area contributed by atoms with Gasteiger partial charge in [-0.15, -0.1) is 7.05 Å². The van der Waals surface area contributed by atoms with Crippen LogP contribution in [0.1, 0.15) is 0 Å². The number of hydrogen-bond donors (Lipinski definition) is 0. The van der Waals surface area contributed by atoms with Crippen LogP contribution in [0, 0.1) is 0 Å². The molecule has 1 amide bonds. The zero-order valence-corrected chi connectivity index (χ0v) is 9.41. The first-order valence-electron chi connectivity index (χ1n) is 1.06. The number of nitrogens with zero attached hydrogens (tertiary/aromatic N) is 1. The molecule has 0 saturated carbocycles. The van der Waals surface area contributed by atoms with Gasteiger partial charge in [-0.05, 0) is 0 Å². The Morgan fingerprint density at radius 3 is 2.00 bits per heavy atom. The monoisotopic (exact) mass is 177 g/mol. The molecule has 0 unspecified atom stereocenters. The van der Waals surface area contributed by atoms with Crippen LogP contribution < -0.4 is 58.2 Å². The van der Waals surface area contributed by atoms with E-state index in [1.807, 2.05) is 0 Å². The average Bonchev–Trinajstić information content (AvgIpc) is 1.38. The van der Waals surface area contributed by atoms with E-state index >= 15 is 0 Å². The Balaban J connectivity index is 0. The van der Waals surface area contributed by atoms with Gasteiger partial charge in [-0.1, -0.05) is 11.6 Å². The fraction of sp³-hybridized carbons (Fsp3) is 0.500. The maximum absolute atomic E-state index is 9.41. The molecule has 0 bridgehead atoms. The third-order valence-corrected chi connectivity index (χ3v) is 0.345. The number of halogens is 1. The molecule has 0 saturated heterocycles. The topological polar surface area (TPSA) is 31.2 Å². The van der Waals surface area contributed by atoms with Crippen molar-refractivity contribution in [3.8, 4) is 0 Å².